The number of hydrogen-bond donors (Lipinski definition) is 1. The van der Waals surface area contributed by atoms with Crippen LogP contribution in [-0.2, 0) is 14.8 Å². The second-order valence-corrected chi connectivity index (χ2v) is 7.76. The minimum absolute atomic E-state index is 0.198. The van der Waals surface area contributed by atoms with Gasteiger partial charge < -0.3 is 5.32 Å². The molecule has 0 spiro atoms. The maximum absolute atomic E-state index is 12.0. The van der Waals surface area contributed by atoms with Crippen molar-refractivity contribution in [2.75, 3.05) is 18.1 Å². The molecule has 0 atom stereocenters. The van der Waals surface area contributed by atoms with E-state index in [1.165, 1.54) is 4.31 Å². The lowest BCUT2D eigenvalue weighted by Crippen LogP contribution is -2.48. The standard InChI is InChI=1S/C14H22N2O3S/c1-11-6-8-12(9-7-11)15-13(17)10-16(14(2,3)4)20(5,18)19/h6-9H,10H2,1-5H3,(H,15,17). The van der Waals surface area contributed by atoms with Crippen LogP contribution in [0.25, 0.3) is 0 Å². The second-order valence-electron chi connectivity index (χ2n) is 5.85. The number of benzene rings is 1. The van der Waals surface area contributed by atoms with Crippen LogP contribution in [0.1, 0.15) is 26.3 Å². The van der Waals surface area contributed by atoms with Crippen molar-refractivity contribution in [1.29, 1.82) is 0 Å². The van der Waals surface area contributed by atoms with E-state index in [0.29, 0.717) is 5.69 Å². The summed E-state index contributed by atoms with van der Waals surface area (Å²) in [6.45, 7) is 7.03. The minimum Gasteiger partial charge on any atom is -0.325 e. The number of rotatable bonds is 4. The fourth-order valence-electron chi connectivity index (χ4n) is 1.82. The predicted octanol–water partition coefficient (Wildman–Crippen LogP) is 1.99. The summed E-state index contributed by atoms with van der Waals surface area (Å²) in [5.74, 6) is -0.353. The number of nitrogens with zero attached hydrogens (tertiary/aromatic N) is 1. The number of hydrogen-bond acceptors (Lipinski definition) is 3. The highest BCUT2D eigenvalue weighted by Gasteiger charge is 2.31. The summed E-state index contributed by atoms with van der Waals surface area (Å²) in [4.78, 5) is 12.0. The van der Waals surface area contributed by atoms with Crippen molar-refractivity contribution in [1.82, 2.24) is 4.31 Å². The van der Waals surface area contributed by atoms with Gasteiger partial charge in [0.1, 0.15) is 0 Å². The normalized spacial score (nSPS) is 12.5. The number of nitrogens with one attached hydrogen (secondary N) is 1. The molecule has 0 heterocycles. The lowest BCUT2D eigenvalue weighted by Gasteiger charge is -2.32. The second kappa shape index (κ2) is 5.93. The van der Waals surface area contributed by atoms with Gasteiger partial charge in [-0.25, -0.2) is 8.42 Å². The van der Waals surface area contributed by atoms with Crippen LogP contribution in [0.4, 0.5) is 5.69 Å². The van der Waals surface area contributed by atoms with Crippen LogP contribution >= 0.6 is 0 Å². The van der Waals surface area contributed by atoms with Crippen molar-refractivity contribution in [3.8, 4) is 0 Å². The molecular weight excluding hydrogens is 276 g/mol. The van der Waals surface area contributed by atoms with E-state index in [0.717, 1.165) is 11.8 Å². The Kier molecular flexibility index (Phi) is 4.94. The molecule has 0 aliphatic carbocycles. The Balaban J connectivity index is 2.80. The fourth-order valence-corrected chi connectivity index (χ4v) is 3.17. The zero-order valence-corrected chi connectivity index (χ0v) is 13.4. The van der Waals surface area contributed by atoms with Gasteiger partial charge in [0.2, 0.25) is 15.9 Å². The van der Waals surface area contributed by atoms with E-state index in [-0.39, 0.29) is 12.5 Å². The summed E-state index contributed by atoms with van der Waals surface area (Å²) in [6, 6.07) is 7.34. The molecule has 6 heteroatoms. The van der Waals surface area contributed by atoms with Gasteiger partial charge in [-0.3, -0.25) is 4.79 Å². The number of anilines is 1. The van der Waals surface area contributed by atoms with E-state index in [9.17, 15) is 13.2 Å². The molecule has 0 saturated heterocycles. The zero-order valence-electron chi connectivity index (χ0n) is 12.6. The number of aryl methyl sites for hydroxylation is 1. The lowest BCUT2D eigenvalue weighted by molar-refractivity contribution is -0.117. The van der Waals surface area contributed by atoms with Crippen molar-refractivity contribution >= 4 is 21.6 Å². The van der Waals surface area contributed by atoms with E-state index < -0.39 is 15.6 Å². The average molecular weight is 298 g/mol. The first-order chi connectivity index (χ1) is 9.00. The van der Waals surface area contributed by atoms with Gasteiger partial charge in [-0.2, -0.15) is 4.31 Å². The number of amides is 1. The molecule has 1 N–H and O–H groups in total. The molecule has 0 aliphatic rings. The molecule has 0 bridgehead atoms. The monoisotopic (exact) mass is 298 g/mol. The van der Waals surface area contributed by atoms with Gasteiger partial charge in [0, 0.05) is 11.2 Å². The van der Waals surface area contributed by atoms with Gasteiger partial charge in [-0.05, 0) is 39.8 Å². The summed E-state index contributed by atoms with van der Waals surface area (Å²) in [5, 5.41) is 2.70. The lowest BCUT2D eigenvalue weighted by atomic mass is 10.1. The van der Waals surface area contributed by atoms with Crippen molar-refractivity contribution < 1.29 is 13.2 Å². The number of sulfonamides is 1. The van der Waals surface area contributed by atoms with Gasteiger partial charge in [-0.1, -0.05) is 17.7 Å². The summed E-state index contributed by atoms with van der Waals surface area (Å²) >= 11 is 0. The van der Waals surface area contributed by atoms with Crippen LogP contribution in [0, 0.1) is 6.92 Å². The summed E-state index contributed by atoms with van der Waals surface area (Å²) in [6.07, 6.45) is 1.11. The summed E-state index contributed by atoms with van der Waals surface area (Å²) in [7, 11) is -3.44. The SMILES string of the molecule is Cc1ccc(NC(=O)CN(C(C)(C)C)S(C)(=O)=O)cc1. The van der Waals surface area contributed by atoms with Crippen LogP contribution < -0.4 is 5.32 Å². The first-order valence-corrected chi connectivity index (χ1v) is 8.19. The Bertz CT molecular complexity index is 571. The van der Waals surface area contributed by atoms with Crippen molar-refractivity contribution in [3.63, 3.8) is 0 Å². The summed E-state index contributed by atoms with van der Waals surface area (Å²) < 4.78 is 24.7. The molecule has 1 rings (SSSR count). The van der Waals surface area contributed by atoms with Crippen molar-refractivity contribution in [2.45, 2.75) is 33.2 Å². The molecule has 0 fully saturated rings. The van der Waals surface area contributed by atoms with Crippen LogP contribution in [-0.4, -0.2) is 37.0 Å². The summed E-state index contributed by atoms with van der Waals surface area (Å²) in [5.41, 5.74) is 1.11. The third-order valence-electron chi connectivity index (χ3n) is 2.77. The first kappa shape index (κ1) is 16.7. The third-order valence-corrected chi connectivity index (χ3v) is 4.25. The van der Waals surface area contributed by atoms with E-state index in [1.807, 2.05) is 19.1 Å². The van der Waals surface area contributed by atoms with E-state index in [4.69, 9.17) is 0 Å². The minimum atomic E-state index is -3.44. The third kappa shape index (κ3) is 4.94. The Labute approximate surface area is 121 Å². The topological polar surface area (TPSA) is 66.5 Å². The van der Waals surface area contributed by atoms with E-state index in [1.54, 1.807) is 32.9 Å². The van der Waals surface area contributed by atoms with Gasteiger partial charge in [-0.15, -0.1) is 0 Å². The quantitative estimate of drug-likeness (QED) is 0.924. The Hall–Kier alpha value is -1.40. The molecule has 1 amide bonds. The molecule has 0 aliphatic heterocycles. The van der Waals surface area contributed by atoms with Crippen molar-refractivity contribution in [2.24, 2.45) is 0 Å². The molecular formula is C14H22N2O3S. The van der Waals surface area contributed by atoms with Crippen LogP contribution in [0.15, 0.2) is 24.3 Å². The van der Waals surface area contributed by atoms with Gasteiger partial charge in [0.15, 0.2) is 0 Å². The van der Waals surface area contributed by atoms with Crippen LogP contribution in [0.3, 0.4) is 0 Å². The molecule has 1 aromatic rings. The number of carbonyl (C=O) groups excluding carboxylic acids is 1. The molecule has 0 saturated carbocycles. The molecule has 0 unspecified atom stereocenters. The zero-order chi connectivity index (χ0) is 15.6. The maximum Gasteiger partial charge on any atom is 0.239 e. The Morgan fingerprint density at radius 2 is 1.70 bits per heavy atom. The Morgan fingerprint density at radius 3 is 2.10 bits per heavy atom. The first-order valence-electron chi connectivity index (χ1n) is 6.34. The molecule has 0 radical (unpaired) electrons. The predicted molar refractivity (Wildman–Crippen MR) is 81.1 cm³/mol. The molecule has 20 heavy (non-hydrogen) atoms. The smallest absolute Gasteiger partial charge is 0.239 e. The van der Waals surface area contributed by atoms with E-state index >= 15 is 0 Å². The van der Waals surface area contributed by atoms with Crippen LogP contribution in [0.2, 0.25) is 0 Å². The highest BCUT2D eigenvalue weighted by atomic mass is 32.2. The van der Waals surface area contributed by atoms with Gasteiger partial charge in [0.25, 0.3) is 0 Å². The van der Waals surface area contributed by atoms with Crippen molar-refractivity contribution in [3.05, 3.63) is 29.8 Å². The molecule has 5 nitrogen and oxygen atoms in total. The molecule has 0 aromatic heterocycles. The van der Waals surface area contributed by atoms with E-state index in [2.05, 4.69) is 5.32 Å². The fraction of sp³-hybridized carbons (Fsp3) is 0.500. The molecule has 1 aromatic carbocycles. The average Bonchev–Trinajstić information content (AvgIpc) is 2.26. The Morgan fingerprint density at radius 1 is 1.20 bits per heavy atom. The number of carbonyl (C=O) groups is 1. The van der Waals surface area contributed by atoms with Crippen LogP contribution in [0.5, 0.6) is 0 Å². The largest absolute Gasteiger partial charge is 0.325 e. The van der Waals surface area contributed by atoms with Gasteiger partial charge in [0.05, 0.1) is 12.8 Å². The highest BCUT2D eigenvalue weighted by molar-refractivity contribution is 7.88. The van der Waals surface area contributed by atoms with Gasteiger partial charge >= 0.3 is 0 Å². The highest BCUT2D eigenvalue weighted by Crippen LogP contribution is 2.17. The molecule has 112 valence electrons. The maximum atomic E-state index is 12.0.